The van der Waals surface area contributed by atoms with Gasteiger partial charge >= 0.3 is 0 Å². The summed E-state index contributed by atoms with van der Waals surface area (Å²) < 4.78 is 8.10. The summed E-state index contributed by atoms with van der Waals surface area (Å²) in [6, 6.07) is 6.04. The SMILES string of the molecule is CC(NCc1ccnn1C)c1ccc(Br)o1. The zero-order chi connectivity index (χ0) is 11.5. The number of rotatable bonds is 4. The van der Waals surface area contributed by atoms with Crippen LogP contribution in [0.1, 0.15) is 24.4 Å². The van der Waals surface area contributed by atoms with E-state index in [2.05, 4.69) is 33.3 Å². The molecule has 0 aliphatic heterocycles. The first-order valence-corrected chi connectivity index (χ1v) is 5.91. The van der Waals surface area contributed by atoms with Crippen LogP contribution in [-0.2, 0) is 13.6 Å². The maximum Gasteiger partial charge on any atom is 0.169 e. The second kappa shape index (κ2) is 4.84. The van der Waals surface area contributed by atoms with Crippen LogP contribution in [0, 0.1) is 0 Å². The minimum Gasteiger partial charge on any atom is -0.453 e. The third-order valence-corrected chi connectivity index (χ3v) is 2.96. The fraction of sp³-hybridized carbons (Fsp3) is 0.364. The number of nitrogens with one attached hydrogen (secondary N) is 1. The van der Waals surface area contributed by atoms with Gasteiger partial charge in [0.2, 0.25) is 0 Å². The third kappa shape index (κ3) is 2.54. The summed E-state index contributed by atoms with van der Waals surface area (Å²) in [7, 11) is 1.94. The molecule has 0 fully saturated rings. The Morgan fingerprint density at radius 1 is 1.50 bits per heavy atom. The number of nitrogens with zero attached hydrogens (tertiary/aromatic N) is 2. The molecule has 2 rings (SSSR count). The maximum atomic E-state index is 5.48. The molecule has 1 atom stereocenters. The van der Waals surface area contributed by atoms with E-state index >= 15 is 0 Å². The van der Waals surface area contributed by atoms with Crippen molar-refractivity contribution in [2.45, 2.75) is 19.5 Å². The van der Waals surface area contributed by atoms with Crippen LogP contribution in [0.25, 0.3) is 0 Å². The van der Waals surface area contributed by atoms with Crippen molar-refractivity contribution in [1.29, 1.82) is 0 Å². The second-order valence-electron chi connectivity index (χ2n) is 3.69. The van der Waals surface area contributed by atoms with E-state index in [0.717, 1.165) is 22.7 Å². The molecule has 0 radical (unpaired) electrons. The number of hydrogen-bond donors (Lipinski definition) is 1. The smallest absolute Gasteiger partial charge is 0.169 e. The van der Waals surface area contributed by atoms with Crippen molar-refractivity contribution in [3.63, 3.8) is 0 Å². The Bertz CT molecular complexity index is 463. The van der Waals surface area contributed by atoms with Gasteiger partial charge in [-0.1, -0.05) is 0 Å². The zero-order valence-electron chi connectivity index (χ0n) is 9.27. The highest BCUT2D eigenvalue weighted by atomic mass is 79.9. The topological polar surface area (TPSA) is 43.0 Å². The van der Waals surface area contributed by atoms with Crippen molar-refractivity contribution >= 4 is 15.9 Å². The Balaban J connectivity index is 1.93. The van der Waals surface area contributed by atoms with E-state index in [0.29, 0.717) is 0 Å². The number of hydrogen-bond acceptors (Lipinski definition) is 3. The van der Waals surface area contributed by atoms with Gasteiger partial charge in [0.1, 0.15) is 5.76 Å². The summed E-state index contributed by atoms with van der Waals surface area (Å²) in [6.45, 7) is 2.84. The molecule has 0 spiro atoms. The highest BCUT2D eigenvalue weighted by Gasteiger charge is 2.09. The van der Waals surface area contributed by atoms with E-state index in [1.165, 1.54) is 0 Å². The van der Waals surface area contributed by atoms with Crippen molar-refractivity contribution in [3.8, 4) is 0 Å². The molecule has 2 aromatic rings. The van der Waals surface area contributed by atoms with Gasteiger partial charge in [-0.3, -0.25) is 4.68 Å². The van der Waals surface area contributed by atoms with Crippen LogP contribution in [0.15, 0.2) is 33.5 Å². The van der Waals surface area contributed by atoms with Crippen LogP contribution in [0.4, 0.5) is 0 Å². The van der Waals surface area contributed by atoms with Gasteiger partial charge in [0, 0.05) is 19.8 Å². The predicted octanol–water partition coefficient (Wildman–Crippen LogP) is 2.63. The molecule has 1 N–H and O–H groups in total. The normalized spacial score (nSPS) is 12.9. The molecular formula is C11H14BrN3O. The molecule has 0 aliphatic carbocycles. The molecule has 2 aromatic heterocycles. The number of furan rings is 1. The first-order valence-electron chi connectivity index (χ1n) is 5.12. The second-order valence-corrected chi connectivity index (χ2v) is 4.47. The summed E-state index contributed by atoms with van der Waals surface area (Å²) in [4.78, 5) is 0. The monoisotopic (exact) mass is 283 g/mol. The Morgan fingerprint density at radius 2 is 2.31 bits per heavy atom. The van der Waals surface area contributed by atoms with Crippen LogP contribution in [0.5, 0.6) is 0 Å². The minimum atomic E-state index is 0.182. The van der Waals surface area contributed by atoms with E-state index in [1.807, 2.05) is 29.9 Å². The van der Waals surface area contributed by atoms with Gasteiger partial charge < -0.3 is 9.73 Å². The molecule has 1 unspecified atom stereocenters. The Hall–Kier alpha value is -1.07. The van der Waals surface area contributed by atoms with Gasteiger partial charge in [-0.25, -0.2) is 0 Å². The molecule has 0 saturated carbocycles. The number of aromatic nitrogens is 2. The number of halogens is 1. The van der Waals surface area contributed by atoms with E-state index in [1.54, 1.807) is 6.20 Å². The summed E-state index contributed by atoms with van der Waals surface area (Å²) in [5.74, 6) is 0.925. The Labute approximate surface area is 103 Å². The lowest BCUT2D eigenvalue weighted by molar-refractivity contribution is 0.414. The van der Waals surface area contributed by atoms with Gasteiger partial charge in [-0.05, 0) is 41.1 Å². The molecule has 5 heteroatoms. The van der Waals surface area contributed by atoms with Gasteiger partial charge in [0.25, 0.3) is 0 Å². The predicted molar refractivity (Wildman–Crippen MR) is 64.9 cm³/mol. The first-order chi connectivity index (χ1) is 7.66. The fourth-order valence-electron chi connectivity index (χ4n) is 1.49. The van der Waals surface area contributed by atoms with Crippen molar-refractivity contribution < 1.29 is 4.42 Å². The van der Waals surface area contributed by atoms with Crippen molar-refractivity contribution in [2.24, 2.45) is 7.05 Å². The highest BCUT2D eigenvalue weighted by Crippen LogP contribution is 2.20. The van der Waals surface area contributed by atoms with E-state index in [9.17, 15) is 0 Å². The van der Waals surface area contributed by atoms with Gasteiger partial charge in [0.05, 0.1) is 11.7 Å². The highest BCUT2D eigenvalue weighted by molar-refractivity contribution is 9.10. The van der Waals surface area contributed by atoms with Gasteiger partial charge in [0.15, 0.2) is 4.67 Å². The maximum absolute atomic E-state index is 5.48. The average Bonchev–Trinajstić information content (AvgIpc) is 2.84. The van der Waals surface area contributed by atoms with Crippen molar-refractivity contribution in [2.75, 3.05) is 0 Å². The van der Waals surface area contributed by atoms with Crippen molar-refractivity contribution in [1.82, 2.24) is 15.1 Å². The quantitative estimate of drug-likeness (QED) is 0.938. The Kier molecular flexibility index (Phi) is 3.46. The van der Waals surface area contributed by atoms with Gasteiger partial charge in [-0.15, -0.1) is 0 Å². The zero-order valence-corrected chi connectivity index (χ0v) is 10.9. The van der Waals surface area contributed by atoms with E-state index in [-0.39, 0.29) is 6.04 Å². The van der Waals surface area contributed by atoms with Crippen molar-refractivity contribution in [3.05, 3.63) is 40.5 Å². The van der Waals surface area contributed by atoms with Crippen LogP contribution < -0.4 is 5.32 Å². The molecule has 0 bridgehead atoms. The molecular weight excluding hydrogens is 270 g/mol. The van der Waals surface area contributed by atoms with E-state index < -0.39 is 0 Å². The van der Waals surface area contributed by atoms with Crippen LogP contribution in [0.2, 0.25) is 0 Å². The largest absolute Gasteiger partial charge is 0.453 e. The summed E-state index contributed by atoms with van der Waals surface area (Å²) in [5, 5.41) is 7.50. The first kappa shape index (κ1) is 11.4. The Morgan fingerprint density at radius 3 is 2.88 bits per heavy atom. The molecule has 16 heavy (non-hydrogen) atoms. The average molecular weight is 284 g/mol. The molecule has 0 amide bonds. The summed E-state index contributed by atoms with van der Waals surface area (Å²) >= 11 is 3.29. The lowest BCUT2D eigenvalue weighted by Crippen LogP contribution is -2.19. The molecule has 0 aliphatic rings. The molecule has 0 saturated heterocycles. The van der Waals surface area contributed by atoms with Crippen LogP contribution in [0.3, 0.4) is 0 Å². The summed E-state index contributed by atoms with van der Waals surface area (Å²) in [5.41, 5.74) is 1.15. The van der Waals surface area contributed by atoms with E-state index in [4.69, 9.17) is 4.42 Å². The van der Waals surface area contributed by atoms with Gasteiger partial charge in [-0.2, -0.15) is 5.10 Å². The lowest BCUT2D eigenvalue weighted by Gasteiger charge is -2.11. The standard InChI is InChI=1S/C11H14BrN3O/c1-8(10-3-4-11(12)16-10)13-7-9-5-6-14-15(9)2/h3-6,8,13H,7H2,1-2H3. The van der Waals surface area contributed by atoms with Crippen LogP contribution in [-0.4, -0.2) is 9.78 Å². The van der Waals surface area contributed by atoms with Crippen LogP contribution >= 0.6 is 15.9 Å². The third-order valence-electron chi connectivity index (χ3n) is 2.53. The molecule has 4 nitrogen and oxygen atoms in total. The summed E-state index contributed by atoms with van der Waals surface area (Å²) in [6.07, 6.45) is 1.80. The fourth-order valence-corrected chi connectivity index (χ4v) is 1.81. The molecule has 86 valence electrons. The molecule has 0 aromatic carbocycles. The molecule has 2 heterocycles. The lowest BCUT2D eigenvalue weighted by atomic mass is 10.2. The minimum absolute atomic E-state index is 0.182. The number of aryl methyl sites for hydroxylation is 1.